The van der Waals surface area contributed by atoms with E-state index in [0.717, 1.165) is 29.6 Å². The van der Waals surface area contributed by atoms with Gasteiger partial charge in [0.1, 0.15) is 23.1 Å². The van der Waals surface area contributed by atoms with Crippen molar-refractivity contribution in [2.75, 3.05) is 10.6 Å². The van der Waals surface area contributed by atoms with E-state index in [9.17, 15) is 8.78 Å². The molecule has 0 atom stereocenters. The van der Waals surface area contributed by atoms with Gasteiger partial charge in [-0.25, -0.2) is 8.78 Å². The topological polar surface area (TPSA) is 33.3 Å². The molecular formula is C19H14F2N2OS. The summed E-state index contributed by atoms with van der Waals surface area (Å²) < 4.78 is 32.0. The van der Waals surface area contributed by atoms with Gasteiger partial charge in [-0.15, -0.1) is 0 Å². The Labute approximate surface area is 149 Å². The average Bonchev–Trinajstić information content (AvgIpc) is 2.56. The molecule has 0 aromatic heterocycles. The first-order valence-corrected chi connectivity index (χ1v) is 7.86. The van der Waals surface area contributed by atoms with E-state index in [4.69, 9.17) is 17.0 Å². The first kappa shape index (κ1) is 16.9. The highest BCUT2D eigenvalue weighted by molar-refractivity contribution is 7.80. The third-order valence-corrected chi connectivity index (χ3v) is 3.42. The Bertz CT molecular complexity index is 850. The number of anilines is 2. The first-order chi connectivity index (χ1) is 12.1. The molecule has 25 heavy (non-hydrogen) atoms. The van der Waals surface area contributed by atoms with Gasteiger partial charge in [-0.3, -0.25) is 0 Å². The van der Waals surface area contributed by atoms with E-state index in [1.165, 1.54) is 0 Å². The van der Waals surface area contributed by atoms with Crippen molar-refractivity contribution in [1.82, 2.24) is 0 Å². The molecule has 3 aromatic carbocycles. The summed E-state index contributed by atoms with van der Waals surface area (Å²) >= 11 is 5.14. The molecule has 0 spiro atoms. The van der Waals surface area contributed by atoms with Crippen LogP contribution >= 0.6 is 12.2 Å². The minimum atomic E-state index is -0.673. The zero-order valence-electron chi connectivity index (χ0n) is 13.0. The number of thiocarbonyl (C=S) groups is 1. The van der Waals surface area contributed by atoms with Crippen LogP contribution < -0.4 is 15.4 Å². The molecule has 0 unspecified atom stereocenters. The minimum Gasteiger partial charge on any atom is -0.457 e. The highest BCUT2D eigenvalue weighted by Gasteiger charge is 2.04. The van der Waals surface area contributed by atoms with Crippen molar-refractivity contribution >= 4 is 28.7 Å². The summed E-state index contributed by atoms with van der Waals surface area (Å²) in [7, 11) is 0. The molecule has 0 saturated heterocycles. The fourth-order valence-electron chi connectivity index (χ4n) is 2.15. The Balaban J connectivity index is 1.60. The van der Waals surface area contributed by atoms with Gasteiger partial charge >= 0.3 is 0 Å². The van der Waals surface area contributed by atoms with Gasteiger partial charge in [0.05, 0.1) is 0 Å². The smallest absolute Gasteiger partial charge is 0.175 e. The highest BCUT2D eigenvalue weighted by atomic mass is 32.1. The molecule has 0 aliphatic heterocycles. The van der Waals surface area contributed by atoms with Crippen molar-refractivity contribution in [3.63, 3.8) is 0 Å². The van der Waals surface area contributed by atoms with E-state index in [-0.39, 0.29) is 10.8 Å². The third kappa shape index (κ3) is 4.99. The monoisotopic (exact) mass is 356 g/mol. The molecule has 0 bridgehead atoms. The Kier molecular flexibility index (Phi) is 5.20. The molecule has 0 saturated carbocycles. The average molecular weight is 356 g/mol. The van der Waals surface area contributed by atoms with Crippen LogP contribution in [0, 0.1) is 11.6 Å². The zero-order chi connectivity index (χ0) is 17.6. The fraction of sp³-hybridized carbons (Fsp3) is 0. The summed E-state index contributed by atoms with van der Waals surface area (Å²) in [5, 5.41) is 5.90. The van der Waals surface area contributed by atoms with Crippen molar-refractivity contribution < 1.29 is 13.5 Å². The van der Waals surface area contributed by atoms with Crippen LogP contribution in [0.3, 0.4) is 0 Å². The number of benzene rings is 3. The van der Waals surface area contributed by atoms with Crippen molar-refractivity contribution in [1.29, 1.82) is 0 Å². The molecule has 0 heterocycles. The molecule has 0 aliphatic rings. The Hall–Kier alpha value is -2.99. The second-order valence-electron chi connectivity index (χ2n) is 5.18. The molecular weight excluding hydrogens is 342 g/mol. The normalized spacial score (nSPS) is 10.2. The quantitative estimate of drug-likeness (QED) is 0.599. The van der Waals surface area contributed by atoms with Crippen LogP contribution in [0.5, 0.6) is 11.5 Å². The van der Waals surface area contributed by atoms with Crippen molar-refractivity contribution in [2.24, 2.45) is 0 Å². The predicted molar refractivity (Wildman–Crippen MR) is 99.2 cm³/mol. The van der Waals surface area contributed by atoms with Crippen LogP contribution in [-0.2, 0) is 0 Å². The van der Waals surface area contributed by atoms with Crippen LogP contribution in [-0.4, -0.2) is 5.11 Å². The molecule has 3 rings (SSSR count). The van der Waals surface area contributed by atoms with Crippen molar-refractivity contribution in [3.8, 4) is 11.5 Å². The van der Waals surface area contributed by atoms with Gasteiger partial charge in [0.25, 0.3) is 0 Å². The summed E-state index contributed by atoms with van der Waals surface area (Å²) in [5.41, 5.74) is 0.953. The van der Waals surface area contributed by atoms with E-state index in [1.54, 1.807) is 24.3 Å². The van der Waals surface area contributed by atoms with Crippen molar-refractivity contribution in [3.05, 3.63) is 84.4 Å². The van der Waals surface area contributed by atoms with Gasteiger partial charge in [-0.1, -0.05) is 18.2 Å². The standard InChI is InChI=1S/C19H14F2N2OS/c20-13-10-14(21)12-16(11-13)23-19(25)22-15-6-8-18(9-7-15)24-17-4-2-1-3-5-17/h1-12H,(H2,22,23,25). The van der Waals surface area contributed by atoms with E-state index in [0.29, 0.717) is 5.75 Å². The third-order valence-electron chi connectivity index (χ3n) is 3.21. The van der Waals surface area contributed by atoms with Gasteiger partial charge in [0.2, 0.25) is 0 Å². The summed E-state index contributed by atoms with van der Waals surface area (Å²) in [6.07, 6.45) is 0. The predicted octanol–water partition coefficient (Wildman–Crippen LogP) is 5.57. The van der Waals surface area contributed by atoms with E-state index in [2.05, 4.69) is 10.6 Å². The molecule has 0 aliphatic carbocycles. The molecule has 6 heteroatoms. The fourth-order valence-corrected chi connectivity index (χ4v) is 2.39. The lowest BCUT2D eigenvalue weighted by molar-refractivity contribution is 0.483. The zero-order valence-corrected chi connectivity index (χ0v) is 13.8. The van der Waals surface area contributed by atoms with Gasteiger partial charge in [0, 0.05) is 17.4 Å². The number of halogens is 2. The summed E-state index contributed by atoms with van der Waals surface area (Å²) in [6.45, 7) is 0. The molecule has 3 aromatic rings. The second kappa shape index (κ2) is 7.72. The second-order valence-corrected chi connectivity index (χ2v) is 5.58. The van der Waals surface area contributed by atoms with E-state index >= 15 is 0 Å². The van der Waals surface area contributed by atoms with E-state index < -0.39 is 11.6 Å². The molecule has 0 amide bonds. The Morgan fingerprint density at radius 1 is 0.720 bits per heavy atom. The lowest BCUT2D eigenvalue weighted by atomic mass is 10.3. The van der Waals surface area contributed by atoms with Crippen LogP contribution in [0.25, 0.3) is 0 Å². The minimum absolute atomic E-state index is 0.224. The molecule has 3 nitrogen and oxygen atoms in total. The number of hydrogen-bond donors (Lipinski definition) is 2. The lowest BCUT2D eigenvalue weighted by Crippen LogP contribution is -2.19. The van der Waals surface area contributed by atoms with Crippen LogP contribution in [0.4, 0.5) is 20.2 Å². The lowest BCUT2D eigenvalue weighted by Gasteiger charge is -2.11. The molecule has 0 fully saturated rings. The van der Waals surface area contributed by atoms with Gasteiger partial charge in [-0.2, -0.15) is 0 Å². The molecule has 0 radical (unpaired) electrons. The summed E-state index contributed by atoms with van der Waals surface area (Å²) in [6, 6.07) is 19.7. The maximum atomic E-state index is 13.2. The van der Waals surface area contributed by atoms with Crippen LogP contribution in [0.15, 0.2) is 72.8 Å². The number of hydrogen-bond acceptors (Lipinski definition) is 2. The number of rotatable bonds is 4. The Morgan fingerprint density at radius 2 is 1.28 bits per heavy atom. The largest absolute Gasteiger partial charge is 0.457 e. The number of nitrogens with one attached hydrogen (secondary N) is 2. The van der Waals surface area contributed by atoms with Gasteiger partial charge in [0.15, 0.2) is 5.11 Å². The number of para-hydroxylation sites is 1. The first-order valence-electron chi connectivity index (χ1n) is 7.45. The van der Waals surface area contributed by atoms with Crippen molar-refractivity contribution in [2.45, 2.75) is 0 Å². The highest BCUT2D eigenvalue weighted by Crippen LogP contribution is 2.22. The summed E-state index contributed by atoms with van der Waals surface area (Å²) in [4.78, 5) is 0. The van der Waals surface area contributed by atoms with Gasteiger partial charge < -0.3 is 15.4 Å². The maximum absolute atomic E-state index is 13.2. The molecule has 126 valence electrons. The van der Waals surface area contributed by atoms with E-state index in [1.807, 2.05) is 30.3 Å². The van der Waals surface area contributed by atoms with Crippen LogP contribution in [0.2, 0.25) is 0 Å². The summed E-state index contributed by atoms with van der Waals surface area (Å²) in [5.74, 6) is 0.0804. The van der Waals surface area contributed by atoms with Gasteiger partial charge in [-0.05, 0) is 60.7 Å². The maximum Gasteiger partial charge on any atom is 0.175 e. The molecule has 2 N–H and O–H groups in total. The van der Waals surface area contributed by atoms with Crippen LogP contribution in [0.1, 0.15) is 0 Å². The Morgan fingerprint density at radius 3 is 1.92 bits per heavy atom. The SMILES string of the molecule is Fc1cc(F)cc(NC(=S)Nc2ccc(Oc3ccccc3)cc2)c1. The number of ether oxygens (including phenoxy) is 1.